The summed E-state index contributed by atoms with van der Waals surface area (Å²) in [5.41, 5.74) is 6.22. The van der Waals surface area contributed by atoms with Crippen LogP contribution in [-0.2, 0) is 0 Å². The molecule has 0 amide bonds. The number of benzene rings is 6. The third-order valence-electron chi connectivity index (χ3n) is 7.37. The smallest absolute Gasteiger partial charge is 0.0547 e. The Labute approximate surface area is 212 Å². The summed E-state index contributed by atoms with van der Waals surface area (Å²) < 4.78 is 5.13. The van der Waals surface area contributed by atoms with E-state index in [4.69, 9.17) is 0 Å². The predicted octanol–water partition coefficient (Wildman–Crippen LogP) is 9.97. The van der Waals surface area contributed by atoms with Crippen LogP contribution in [0.2, 0.25) is 0 Å². The summed E-state index contributed by atoms with van der Waals surface area (Å²) in [5.74, 6) is 0. The van der Waals surface area contributed by atoms with Crippen molar-refractivity contribution >= 4 is 64.1 Å². The van der Waals surface area contributed by atoms with Crippen molar-refractivity contribution in [3.63, 3.8) is 0 Å². The number of hydrogen-bond acceptors (Lipinski definition) is 1. The summed E-state index contributed by atoms with van der Waals surface area (Å²) in [6.45, 7) is 0. The molecule has 0 atom stereocenters. The zero-order valence-electron chi connectivity index (χ0n) is 19.5. The van der Waals surface area contributed by atoms with Crippen LogP contribution >= 0.6 is 11.3 Å². The molecule has 8 rings (SSSR count). The summed E-state index contributed by atoms with van der Waals surface area (Å²) in [5, 5.41) is 7.83. The molecule has 0 saturated heterocycles. The molecule has 0 radical (unpaired) electrons. The summed E-state index contributed by atoms with van der Waals surface area (Å²) in [7, 11) is 0. The minimum atomic E-state index is 1.20. The zero-order chi connectivity index (χ0) is 23.6. The van der Waals surface area contributed by atoms with E-state index < -0.39 is 0 Å². The number of thiophene rings is 1. The molecule has 0 fully saturated rings. The second-order valence-corrected chi connectivity index (χ2v) is 10.4. The fraction of sp³-hybridized carbons (Fsp3) is 0. The Balaban J connectivity index is 1.56. The number of rotatable bonds is 2. The van der Waals surface area contributed by atoms with Gasteiger partial charge in [-0.2, -0.15) is 0 Å². The van der Waals surface area contributed by atoms with Gasteiger partial charge in [0, 0.05) is 42.2 Å². The second-order valence-electron chi connectivity index (χ2n) is 9.37. The molecule has 36 heavy (non-hydrogen) atoms. The normalized spacial score (nSPS) is 11.9. The van der Waals surface area contributed by atoms with Crippen LogP contribution in [0.25, 0.3) is 69.6 Å². The first-order valence-electron chi connectivity index (χ1n) is 12.3. The van der Waals surface area contributed by atoms with E-state index in [0.29, 0.717) is 0 Å². The van der Waals surface area contributed by atoms with Crippen LogP contribution < -0.4 is 0 Å². The average Bonchev–Trinajstić information content (AvgIpc) is 3.49. The van der Waals surface area contributed by atoms with Gasteiger partial charge in [0.05, 0.1) is 11.0 Å². The maximum Gasteiger partial charge on any atom is 0.0547 e. The van der Waals surface area contributed by atoms with Gasteiger partial charge in [-0.1, -0.05) is 97.1 Å². The Bertz CT molecular complexity index is 2090. The number of nitrogens with zero attached hydrogens (tertiary/aromatic N) is 1. The van der Waals surface area contributed by atoms with Crippen molar-refractivity contribution in [1.82, 2.24) is 4.57 Å². The first-order chi connectivity index (χ1) is 17.9. The van der Waals surface area contributed by atoms with Gasteiger partial charge in [0.15, 0.2) is 0 Å². The van der Waals surface area contributed by atoms with Crippen molar-refractivity contribution in [2.24, 2.45) is 0 Å². The molecule has 168 valence electrons. The lowest BCUT2D eigenvalue weighted by Gasteiger charge is -2.12. The standard InChI is InChI=1S/C34H21NS/c1-2-10-22(11-3-1)28-20-24(21-29-26-14-7-9-17-32(26)36-34(28)29)35-30-16-8-6-15-27(30)33-25-13-5-4-12-23(25)18-19-31(33)35/h1-21H. The molecule has 2 heterocycles. The SMILES string of the molecule is c1ccc(-c2cc(-n3c4ccccc4c4c5ccccc5ccc43)cc3c2sc2ccccc23)cc1. The molecule has 0 spiro atoms. The lowest BCUT2D eigenvalue weighted by atomic mass is 10.0. The summed E-state index contributed by atoms with van der Waals surface area (Å²) in [6, 6.07) is 46.4. The van der Waals surface area contributed by atoms with Gasteiger partial charge in [-0.3, -0.25) is 0 Å². The van der Waals surface area contributed by atoms with E-state index >= 15 is 0 Å². The molecule has 0 aliphatic rings. The quantitative estimate of drug-likeness (QED) is 0.234. The maximum atomic E-state index is 2.45. The van der Waals surface area contributed by atoms with Crippen LogP contribution in [0.3, 0.4) is 0 Å². The van der Waals surface area contributed by atoms with E-state index in [-0.39, 0.29) is 0 Å². The van der Waals surface area contributed by atoms with E-state index in [0.717, 1.165) is 0 Å². The molecule has 2 heteroatoms. The number of aromatic nitrogens is 1. The fourth-order valence-corrected chi connectivity index (χ4v) is 7.01. The van der Waals surface area contributed by atoms with Gasteiger partial charge >= 0.3 is 0 Å². The third-order valence-corrected chi connectivity index (χ3v) is 8.59. The Hall–Kier alpha value is -4.40. The first-order valence-corrected chi connectivity index (χ1v) is 13.1. The molecule has 0 bridgehead atoms. The largest absolute Gasteiger partial charge is 0.309 e. The Morgan fingerprint density at radius 1 is 0.500 bits per heavy atom. The van der Waals surface area contributed by atoms with Gasteiger partial charge in [-0.25, -0.2) is 0 Å². The molecular formula is C34H21NS. The van der Waals surface area contributed by atoms with Gasteiger partial charge in [0.25, 0.3) is 0 Å². The molecule has 0 aliphatic heterocycles. The van der Waals surface area contributed by atoms with Crippen LogP contribution in [0.4, 0.5) is 0 Å². The number of para-hydroxylation sites is 1. The molecular weight excluding hydrogens is 454 g/mol. The maximum absolute atomic E-state index is 2.45. The van der Waals surface area contributed by atoms with Crippen LogP contribution in [0.15, 0.2) is 127 Å². The van der Waals surface area contributed by atoms with E-state index in [1.807, 2.05) is 11.3 Å². The lowest BCUT2D eigenvalue weighted by molar-refractivity contribution is 1.19. The molecule has 0 aliphatic carbocycles. The van der Waals surface area contributed by atoms with Gasteiger partial charge < -0.3 is 4.57 Å². The molecule has 2 aromatic heterocycles. The minimum Gasteiger partial charge on any atom is -0.309 e. The van der Waals surface area contributed by atoms with Crippen molar-refractivity contribution < 1.29 is 0 Å². The van der Waals surface area contributed by atoms with Crippen molar-refractivity contribution in [3.8, 4) is 16.8 Å². The minimum absolute atomic E-state index is 1.20. The van der Waals surface area contributed by atoms with Gasteiger partial charge in [-0.05, 0) is 46.7 Å². The van der Waals surface area contributed by atoms with Crippen molar-refractivity contribution in [2.45, 2.75) is 0 Å². The topological polar surface area (TPSA) is 4.93 Å². The highest BCUT2D eigenvalue weighted by atomic mass is 32.1. The van der Waals surface area contributed by atoms with E-state index in [9.17, 15) is 0 Å². The Kier molecular flexibility index (Phi) is 4.16. The number of hydrogen-bond donors (Lipinski definition) is 0. The molecule has 0 unspecified atom stereocenters. The van der Waals surface area contributed by atoms with Crippen molar-refractivity contribution in [2.75, 3.05) is 0 Å². The molecule has 8 aromatic rings. The third kappa shape index (κ3) is 2.76. The Morgan fingerprint density at radius 3 is 2.11 bits per heavy atom. The highest BCUT2D eigenvalue weighted by Gasteiger charge is 2.18. The fourth-order valence-electron chi connectivity index (χ4n) is 5.79. The zero-order valence-corrected chi connectivity index (χ0v) is 20.3. The highest BCUT2D eigenvalue weighted by molar-refractivity contribution is 7.26. The Morgan fingerprint density at radius 2 is 1.22 bits per heavy atom. The van der Waals surface area contributed by atoms with E-state index in [1.54, 1.807) is 0 Å². The monoisotopic (exact) mass is 475 g/mol. The van der Waals surface area contributed by atoms with Crippen molar-refractivity contribution in [1.29, 1.82) is 0 Å². The summed E-state index contributed by atoms with van der Waals surface area (Å²) in [4.78, 5) is 0. The predicted molar refractivity (Wildman–Crippen MR) is 157 cm³/mol. The van der Waals surface area contributed by atoms with Crippen molar-refractivity contribution in [3.05, 3.63) is 127 Å². The van der Waals surface area contributed by atoms with Crippen LogP contribution in [-0.4, -0.2) is 4.57 Å². The van der Waals surface area contributed by atoms with Gasteiger partial charge in [0.2, 0.25) is 0 Å². The molecule has 0 saturated carbocycles. The molecule has 6 aromatic carbocycles. The molecule has 0 N–H and O–H groups in total. The second kappa shape index (κ2) is 7.55. The van der Waals surface area contributed by atoms with E-state index in [2.05, 4.69) is 132 Å². The highest BCUT2D eigenvalue weighted by Crippen LogP contribution is 2.43. The van der Waals surface area contributed by atoms with Crippen LogP contribution in [0.1, 0.15) is 0 Å². The lowest BCUT2D eigenvalue weighted by Crippen LogP contribution is -1.95. The van der Waals surface area contributed by atoms with Gasteiger partial charge in [-0.15, -0.1) is 11.3 Å². The van der Waals surface area contributed by atoms with Crippen LogP contribution in [0.5, 0.6) is 0 Å². The van der Waals surface area contributed by atoms with Crippen LogP contribution in [0, 0.1) is 0 Å². The number of fused-ring (bicyclic) bond motifs is 8. The average molecular weight is 476 g/mol. The first kappa shape index (κ1) is 19.9. The van der Waals surface area contributed by atoms with Gasteiger partial charge in [0.1, 0.15) is 0 Å². The summed E-state index contributed by atoms with van der Waals surface area (Å²) in [6.07, 6.45) is 0. The molecule has 1 nitrogen and oxygen atoms in total. The van der Waals surface area contributed by atoms with E-state index in [1.165, 1.54) is 69.6 Å². The summed E-state index contributed by atoms with van der Waals surface area (Å²) >= 11 is 1.89.